The molecule has 2 aliphatic rings. The second-order valence-corrected chi connectivity index (χ2v) is 5.93. The molecule has 1 unspecified atom stereocenters. The van der Waals surface area contributed by atoms with Gasteiger partial charge in [0.1, 0.15) is 0 Å². The normalized spacial score (nSPS) is 22.6. The number of ether oxygens (including phenoxy) is 1. The Balaban J connectivity index is 1.64. The number of methoxy groups -OCH3 is 1. The number of carbonyl (C=O) groups excluding carboxylic acids is 2. The molecule has 2 fully saturated rings. The first-order chi connectivity index (χ1) is 10.1. The minimum atomic E-state index is -0.396. The highest BCUT2D eigenvalue weighted by molar-refractivity contribution is 5.97. The molecule has 0 bridgehead atoms. The third-order valence-corrected chi connectivity index (χ3v) is 4.66. The van der Waals surface area contributed by atoms with Gasteiger partial charge in [0.15, 0.2) is 0 Å². The lowest BCUT2D eigenvalue weighted by atomic mass is 9.92. The summed E-state index contributed by atoms with van der Waals surface area (Å²) in [5.41, 5.74) is 1.32. The van der Waals surface area contributed by atoms with Gasteiger partial charge in [-0.3, -0.25) is 4.79 Å². The summed E-state index contributed by atoms with van der Waals surface area (Å²) in [5, 5.41) is 6.26. The average molecular weight is 288 g/mol. The zero-order chi connectivity index (χ0) is 14.9. The molecule has 0 aromatic heterocycles. The van der Waals surface area contributed by atoms with Crippen molar-refractivity contribution in [1.29, 1.82) is 0 Å². The van der Waals surface area contributed by atoms with Crippen LogP contribution in [0.15, 0.2) is 24.3 Å². The molecule has 1 saturated carbocycles. The molecular weight excluding hydrogens is 268 g/mol. The minimum absolute atomic E-state index is 0.0684. The van der Waals surface area contributed by atoms with Crippen molar-refractivity contribution in [1.82, 2.24) is 5.32 Å². The number of amides is 1. The van der Waals surface area contributed by atoms with Crippen molar-refractivity contribution in [3.05, 3.63) is 29.8 Å². The summed E-state index contributed by atoms with van der Waals surface area (Å²) >= 11 is 0. The second-order valence-electron chi connectivity index (χ2n) is 5.93. The Morgan fingerprint density at radius 2 is 2.10 bits per heavy atom. The van der Waals surface area contributed by atoms with Gasteiger partial charge in [0, 0.05) is 11.6 Å². The summed E-state index contributed by atoms with van der Waals surface area (Å²) in [6.45, 7) is 2.00. The number of rotatable bonds is 3. The Morgan fingerprint density at radius 1 is 1.33 bits per heavy atom. The van der Waals surface area contributed by atoms with E-state index >= 15 is 0 Å². The number of carbonyl (C=O) groups is 2. The van der Waals surface area contributed by atoms with Gasteiger partial charge >= 0.3 is 5.97 Å². The fraction of sp³-hybridized carbons (Fsp3) is 0.500. The minimum Gasteiger partial charge on any atom is -0.465 e. The third-order valence-electron chi connectivity index (χ3n) is 4.66. The van der Waals surface area contributed by atoms with Crippen LogP contribution < -0.4 is 10.6 Å². The Kier molecular flexibility index (Phi) is 3.68. The molecule has 1 aromatic rings. The molecule has 21 heavy (non-hydrogen) atoms. The van der Waals surface area contributed by atoms with Crippen LogP contribution in [0, 0.1) is 11.3 Å². The Hall–Kier alpha value is -1.88. The van der Waals surface area contributed by atoms with Crippen LogP contribution in [0.5, 0.6) is 0 Å². The molecule has 112 valence electrons. The van der Waals surface area contributed by atoms with Crippen LogP contribution in [0.4, 0.5) is 5.69 Å². The van der Waals surface area contributed by atoms with Gasteiger partial charge in [-0.05, 0) is 56.0 Å². The quantitative estimate of drug-likeness (QED) is 0.832. The zero-order valence-electron chi connectivity index (χ0n) is 12.1. The van der Waals surface area contributed by atoms with E-state index in [9.17, 15) is 9.59 Å². The topological polar surface area (TPSA) is 67.4 Å². The number of piperidine rings is 1. The average Bonchev–Trinajstić information content (AvgIpc) is 3.21. The molecule has 1 spiro atoms. The largest absolute Gasteiger partial charge is 0.465 e. The van der Waals surface area contributed by atoms with Crippen LogP contribution in [0.25, 0.3) is 0 Å². The van der Waals surface area contributed by atoms with E-state index in [0.717, 1.165) is 32.4 Å². The van der Waals surface area contributed by atoms with E-state index in [2.05, 4.69) is 15.4 Å². The van der Waals surface area contributed by atoms with Crippen molar-refractivity contribution in [3.63, 3.8) is 0 Å². The van der Waals surface area contributed by atoms with E-state index in [1.54, 1.807) is 24.3 Å². The number of nitrogens with one attached hydrogen (secondary N) is 2. The predicted molar refractivity (Wildman–Crippen MR) is 79.1 cm³/mol. The molecule has 2 N–H and O–H groups in total. The molecule has 0 radical (unpaired) electrons. The summed E-state index contributed by atoms with van der Waals surface area (Å²) in [6, 6.07) is 6.87. The van der Waals surface area contributed by atoms with Gasteiger partial charge < -0.3 is 15.4 Å². The Labute approximate surface area is 124 Å². The number of hydrogen-bond acceptors (Lipinski definition) is 4. The number of hydrogen-bond donors (Lipinski definition) is 2. The smallest absolute Gasteiger partial charge is 0.337 e. The van der Waals surface area contributed by atoms with E-state index in [1.165, 1.54) is 7.11 Å². The standard InChI is InChI=1S/C16H20N2O3/c1-21-15(20)11-3-2-4-12(9-11)18-14(19)13-10-16(13)5-7-17-8-6-16/h2-4,9,13,17H,5-8,10H2,1H3,(H,18,19). The maximum atomic E-state index is 12.4. The van der Waals surface area contributed by atoms with E-state index < -0.39 is 5.97 Å². The molecular formula is C16H20N2O3. The van der Waals surface area contributed by atoms with Gasteiger partial charge in [0.05, 0.1) is 12.7 Å². The maximum absolute atomic E-state index is 12.4. The number of esters is 1. The van der Waals surface area contributed by atoms with Gasteiger partial charge in [-0.1, -0.05) is 6.07 Å². The molecule has 3 rings (SSSR count). The van der Waals surface area contributed by atoms with Crippen LogP contribution in [-0.2, 0) is 9.53 Å². The van der Waals surface area contributed by atoms with Crippen molar-refractivity contribution < 1.29 is 14.3 Å². The highest BCUT2D eigenvalue weighted by Gasteiger charge is 2.57. The third kappa shape index (κ3) is 2.78. The van der Waals surface area contributed by atoms with Crippen LogP contribution in [-0.4, -0.2) is 32.1 Å². The van der Waals surface area contributed by atoms with Gasteiger partial charge in [0.25, 0.3) is 0 Å². The lowest BCUT2D eigenvalue weighted by Crippen LogP contribution is -2.31. The molecule has 1 atom stereocenters. The van der Waals surface area contributed by atoms with E-state index in [1.807, 2.05) is 0 Å². The maximum Gasteiger partial charge on any atom is 0.337 e. The van der Waals surface area contributed by atoms with E-state index in [0.29, 0.717) is 11.3 Å². The summed E-state index contributed by atoms with van der Waals surface area (Å²) < 4.78 is 4.69. The van der Waals surface area contributed by atoms with Crippen molar-refractivity contribution in [2.45, 2.75) is 19.3 Å². The van der Waals surface area contributed by atoms with Crippen molar-refractivity contribution >= 4 is 17.6 Å². The van der Waals surface area contributed by atoms with Crippen molar-refractivity contribution in [2.24, 2.45) is 11.3 Å². The van der Waals surface area contributed by atoms with Gasteiger partial charge in [-0.25, -0.2) is 4.79 Å². The van der Waals surface area contributed by atoms with Crippen molar-refractivity contribution in [2.75, 3.05) is 25.5 Å². The summed E-state index contributed by atoms with van der Waals surface area (Å²) in [5.74, 6) is -0.215. The summed E-state index contributed by atoms with van der Waals surface area (Å²) in [7, 11) is 1.35. The Bertz CT molecular complexity index is 564. The monoisotopic (exact) mass is 288 g/mol. The molecule has 5 heteroatoms. The van der Waals surface area contributed by atoms with Crippen LogP contribution in [0.2, 0.25) is 0 Å². The second kappa shape index (κ2) is 5.48. The highest BCUT2D eigenvalue weighted by Crippen LogP contribution is 2.58. The molecule has 1 aliphatic heterocycles. The van der Waals surface area contributed by atoms with E-state index in [-0.39, 0.29) is 17.2 Å². The van der Waals surface area contributed by atoms with Gasteiger partial charge in [-0.15, -0.1) is 0 Å². The van der Waals surface area contributed by atoms with Crippen LogP contribution >= 0.6 is 0 Å². The molecule has 1 saturated heterocycles. The van der Waals surface area contributed by atoms with E-state index in [4.69, 9.17) is 0 Å². The lowest BCUT2D eigenvalue weighted by molar-refractivity contribution is -0.118. The molecule has 1 aliphatic carbocycles. The SMILES string of the molecule is COC(=O)c1cccc(NC(=O)C2CC23CCNCC3)c1. The molecule has 1 heterocycles. The molecule has 1 aromatic carbocycles. The summed E-state index contributed by atoms with van der Waals surface area (Å²) in [6.07, 6.45) is 3.14. The number of anilines is 1. The first-order valence-corrected chi connectivity index (χ1v) is 7.35. The predicted octanol–water partition coefficient (Wildman–Crippen LogP) is 1.80. The fourth-order valence-corrected chi connectivity index (χ4v) is 3.27. The zero-order valence-corrected chi connectivity index (χ0v) is 12.1. The van der Waals surface area contributed by atoms with Crippen LogP contribution in [0.1, 0.15) is 29.6 Å². The van der Waals surface area contributed by atoms with Gasteiger partial charge in [-0.2, -0.15) is 0 Å². The highest BCUT2D eigenvalue weighted by atomic mass is 16.5. The molecule has 5 nitrogen and oxygen atoms in total. The van der Waals surface area contributed by atoms with Gasteiger partial charge in [0.2, 0.25) is 5.91 Å². The molecule has 1 amide bonds. The summed E-state index contributed by atoms with van der Waals surface area (Å²) in [4.78, 5) is 23.8. The van der Waals surface area contributed by atoms with Crippen molar-refractivity contribution in [3.8, 4) is 0 Å². The fourth-order valence-electron chi connectivity index (χ4n) is 3.27. The number of benzene rings is 1. The first-order valence-electron chi connectivity index (χ1n) is 7.35. The lowest BCUT2D eigenvalue weighted by Gasteiger charge is -2.23. The first kappa shape index (κ1) is 14.1. The van der Waals surface area contributed by atoms with Crippen LogP contribution in [0.3, 0.4) is 0 Å². The Morgan fingerprint density at radius 3 is 2.81 bits per heavy atom.